The van der Waals surface area contributed by atoms with Crippen LogP contribution in [-0.4, -0.2) is 29.7 Å². The molecule has 2 aromatic rings. The summed E-state index contributed by atoms with van der Waals surface area (Å²) >= 11 is 0. The number of benzene rings is 1. The smallest absolute Gasteiger partial charge is 0.271 e. The van der Waals surface area contributed by atoms with Crippen molar-refractivity contribution in [3.63, 3.8) is 0 Å². The SMILES string of the molecule is CNc1ccc(C(=O)NCC(C)c2ccccc2)nn1. The molecule has 0 radical (unpaired) electrons. The van der Waals surface area contributed by atoms with Crippen LogP contribution in [0.25, 0.3) is 0 Å². The molecular weight excluding hydrogens is 252 g/mol. The summed E-state index contributed by atoms with van der Waals surface area (Å²) in [5.41, 5.74) is 1.52. The molecule has 20 heavy (non-hydrogen) atoms. The first-order chi connectivity index (χ1) is 9.70. The maximum atomic E-state index is 11.9. The van der Waals surface area contributed by atoms with Crippen molar-refractivity contribution in [3.8, 4) is 0 Å². The molecule has 104 valence electrons. The molecule has 0 bridgehead atoms. The van der Waals surface area contributed by atoms with Crippen molar-refractivity contribution in [3.05, 3.63) is 53.7 Å². The number of aromatic nitrogens is 2. The summed E-state index contributed by atoms with van der Waals surface area (Å²) in [6, 6.07) is 13.5. The minimum Gasteiger partial charge on any atom is -0.372 e. The van der Waals surface area contributed by atoms with Gasteiger partial charge in [0.1, 0.15) is 5.82 Å². The summed E-state index contributed by atoms with van der Waals surface area (Å²) < 4.78 is 0. The van der Waals surface area contributed by atoms with Crippen molar-refractivity contribution in [2.24, 2.45) is 0 Å². The van der Waals surface area contributed by atoms with E-state index in [-0.39, 0.29) is 11.8 Å². The summed E-state index contributed by atoms with van der Waals surface area (Å²) in [6.07, 6.45) is 0. The Morgan fingerprint density at radius 1 is 1.15 bits per heavy atom. The van der Waals surface area contributed by atoms with E-state index in [4.69, 9.17) is 0 Å². The molecule has 0 aliphatic heterocycles. The van der Waals surface area contributed by atoms with Gasteiger partial charge in [0.25, 0.3) is 5.91 Å². The van der Waals surface area contributed by atoms with E-state index >= 15 is 0 Å². The second-order valence-electron chi connectivity index (χ2n) is 4.58. The second-order valence-corrected chi connectivity index (χ2v) is 4.58. The van der Waals surface area contributed by atoms with Crippen molar-refractivity contribution in [2.75, 3.05) is 18.9 Å². The lowest BCUT2D eigenvalue weighted by Crippen LogP contribution is -2.28. The van der Waals surface area contributed by atoms with Crippen LogP contribution in [0.4, 0.5) is 5.82 Å². The van der Waals surface area contributed by atoms with E-state index in [9.17, 15) is 4.79 Å². The second kappa shape index (κ2) is 6.65. The molecule has 1 amide bonds. The lowest BCUT2D eigenvalue weighted by molar-refractivity contribution is 0.0945. The fraction of sp³-hybridized carbons (Fsp3) is 0.267. The van der Waals surface area contributed by atoms with Crippen LogP contribution in [0.2, 0.25) is 0 Å². The van der Waals surface area contributed by atoms with Gasteiger partial charge in [0.15, 0.2) is 5.69 Å². The van der Waals surface area contributed by atoms with Gasteiger partial charge in [-0.3, -0.25) is 4.79 Å². The third kappa shape index (κ3) is 3.54. The van der Waals surface area contributed by atoms with Crippen molar-refractivity contribution >= 4 is 11.7 Å². The standard InChI is InChI=1S/C15H18N4O/c1-11(12-6-4-3-5-7-12)10-17-15(20)13-8-9-14(16-2)19-18-13/h3-9,11H,10H2,1-2H3,(H,16,19)(H,17,20). The summed E-state index contributed by atoms with van der Waals surface area (Å²) in [7, 11) is 1.76. The van der Waals surface area contributed by atoms with E-state index in [1.165, 1.54) is 5.56 Å². The topological polar surface area (TPSA) is 66.9 Å². The molecule has 5 nitrogen and oxygen atoms in total. The highest BCUT2D eigenvalue weighted by Gasteiger charge is 2.10. The average Bonchev–Trinajstić information content (AvgIpc) is 2.53. The van der Waals surface area contributed by atoms with Crippen LogP contribution >= 0.6 is 0 Å². The Morgan fingerprint density at radius 3 is 2.50 bits per heavy atom. The van der Waals surface area contributed by atoms with Gasteiger partial charge in [0.2, 0.25) is 0 Å². The average molecular weight is 270 g/mol. The zero-order valence-corrected chi connectivity index (χ0v) is 11.6. The molecule has 1 heterocycles. The molecule has 0 saturated heterocycles. The molecule has 0 aliphatic rings. The predicted octanol–water partition coefficient (Wildman–Crippen LogP) is 2.05. The number of carbonyl (C=O) groups is 1. The Balaban J connectivity index is 1.91. The Morgan fingerprint density at radius 2 is 1.90 bits per heavy atom. The summed E-state index contributed by atoms with van der Waals surface area (Å²) in [5, 5.41) is 13.5. The van der Waals surface area contributed by atoms with E-state index in [0.29, 0.717) is 18.1 Å². The molecule has 1 aromatic carbocycles. The number of anilines is 1. The number of carbonyl (C=O) groups excluding carboxylic acids is 1. The highest BCUT2D eigenvalue weighted by Crippen LogP contribution is 2.13. The van der Waals surface area contributed by atoms with Crippen LogP contribution in [0.15, 0.2) is 42.5 Å². The van der Waals surface area contributed by atoms with Crippen LogP contribution in [0, 0.1) is 0 Å². The van der Waals surface area contributed by atoms with Crippen molar-refractivity contribution < 1.29 is 4.79 Å². The molecule has 0 fully saturated rings. The predicted molar refractivity (Wildman–Crippen MR) is 78.8 cm³/mol. The lowest BCUT2D eigenvalue weighted by atomic mass is 10.0. The largest absolute Gasteiger partial charge is 0.372 e. The number of nitrogens with zero attached hydrogens (tertiary/aromatic N) is 2. The zero-order valence-electron chi connectivity index (χ0n) is 11.6. The van der Waals surface area contributed by atoms with Gasteiger partial charge in [-0.05, 0) is 23.6 Å². The molecule has 1 atom stereocenters. The van der Waals surface area contributed by atoms with Crippen molar-refractivity contribution in [2.45, 2.75) is 12.8 Å². The molecule has 2 N–H and O–H groups in total. The Bertz CT molecular complexity index is 554. The van der Waals surface area contributed by atoms with Gasteiger partial charge in [-0.15, -0.1) is 10.2 Å². The summed E-state index contributed by atoms with van der Waals surface area (Å²) in [5.74, 6) is 0.687. The Labute approximate surface area is 118 Å². The monoisotopic (exact) mass is 270 g/mol. The zero-order chi connectivity index (χ0) is 14.4. The van der Waals surface area contributed by atoms with Crippen molar-refractivity contribution in [1.82, 2.24) is 15.5 Å². The van der Waals surface area contributed by atoms with E-state index in [1.54, 1.807) is 19.2 Å². The number of hydrogen-bond acceptors (Lipinski definition) is 4. The molecule has 2 rings (SSSR count). The normalized spacial score (nSPS) is 11.7. The number of rotatable bonds is 5. The van der Waals surface area contributed by atoms with E-state index < -0.39 is 0 Å². The van der Waals surface area contributed by atoms with Gasteiger partial charge >= 0.3 is 0 Å². The number of nitrogens with one attached hydrogen (secondary N) is 2. The third-order valence-electron chi connectivity index (χ3n) is 3.09. The van der Waals surface area contributed by atoms with E-state index in [2.05, 4.69) is 39.9 Å². The van der Waals surface area contributed by atoms with E-state index in [1.807, 2.05) is 18.2 Å². The molecular formula is C15H18N4O. The Kier molecular flexibility index (Phi) is 4.65. The molecule has 0 saturated carbocycles. The number of hydrogen-bond donors (Lipinski definition) is 2. The van der Waals surface area contributed by atoms with Gasteiger partial charge < -0.3 is 10.6 Å². The minimum absolute atomic E-state index is 0.206. The Hall–Kier alpha value is -2.43. The summed E-state index contributed by atoms with van der Waals surface area (Å²) in [6.45, 7) is 2.64. The van der Waals surface area contributed by atoms with Crippen LogP contribution in [-0.2, 0) is 0 Å². The van der Waals surface area contributed by atoms with Crippen molar-refractivity contribution in [1.29, 1.82) is 0 Å². The first-order valence-electron chi connectivity index (χ1n) is 6.55. The fourth-order valence-electron chi connectivity index (χ4n) is 1.82. The van der Waals surface area contributed by atoms with Crippen LogP contribution in [0.5, 0.6) is 0 Å². The van der Waals surface area contributed by atoms with Gasteiger partial charge in [-0.25, -0.2) is 0 Å². The molecule has 1 unspecified atom stereocenters. The molecule has 0 aliphatic carbocycles. The third-order valence-corrected chi connectivity index (χ3v) is 3.09. The quantitative estimate of drug-likeness (QED) is 0.872. The van der Waals surface area contributed by atoms with Gasteiger partial charge in [0.05, 0.1) is 0 Å². The lowest BCUT2D eigenvalue weighted by Gasteiger charge is -2.12. The highest BCUT2D eigenvalue weighted by molar-refractivity contribution is 5.92. The number of amides is 1. The van der Waals surface area contributed by atoms with Gasteiger partial charge in [-0.2, -0.15) is 0 Å². The van der Waals surface area contributed by atoms with Crippen LogP contribution in [0.3, 0.4) is 0 Å². The minimum atomic E-state index is -0.206. The van der Waals surface area contributed by atoms with E-state index in [0.717, 1.165) is 0 Å². The first kappa shape index (κ1) is 14.0. The van der Waals surface area contributed by atoms with Gasteiger partial charge in [-0.1, -0.05) is 37.3 Å². The molecule has 5 heteroatoms. The fourth-order valence-corrected chi connectivity index (χ4v) is 1.82. The maximum absolute atomic E-state index is 11.9. The van der Waals surface area contributed by atoms with Crippen LogP contribution < -0.4 is 10.6 Å². The summed E-state index contributed by atoms with van der Waals surface area (Å²) in [4.78, 5) is 11.9. The van der Waals surface area contributed by atoms with Gasteiger partial charge in [0, 0.05) is 13.6 Å². The molecule has 1 aromatic heterocycles. The molecule has 0 spiro atoms. The first-order valence-corrected chi connectivity index (χ1v) is 6.55. The maximum Gasteiger partial charge on any atom is 0.271 e. The van der Waals surface area contributed by atoms with Crippen LogP contribution in [0.1, 0.15) is 28.9 Å². The highest BCUT2D eigenvalue weighted by atomic mass is 16.1.